The van der Waals surface area contributed by atoms with Crippen molar-refractivity contribution < 1.29 is 18.0 Å². The number of anilines is 1. The second-order valence-corrected chi connectivity index (χ2v) is 4.67. The predicted octanol–water partition coefficient (Wildman–Crippen LogP) is 3.68. The number of ketones is 1. The smallest absolute Gasteiger partial charge is 0.196 e. The lowest BCUT2D eigenvalue weighted by Gasteiger charge is -2.05. The second-order valence-electron chi connectivity index (χ2n) is 3.81. The van der Waals surface area contributed by atoms with Crippen molar-refractivity contribution in [1.29, 1.82) is 0 Å². The van der Waals surface area contributed by atoms with E-state index in [2.05, 4.69) is 15.9 Å². The summed E-state index contributed by atoms with van der Waals surface area (Å²) in [5, 5.41) is 0. The van der Waals surface area contributed by atoms with E-state index in [4.69, 9.17) is 5.73 Å². The summed E-state index contributed by atoms with van der Waals surface area (Å²) in [5.41, 5.74) is 5.44. The number of hydrogen-bond donors (Lipinski definition) is 1. The number of hydrogen-bond acceptors (Lipinski definition) is 2. The van der Waals surface area contributed by atoms with Crippen LogP contribution in [0.2, 0.25) is 0 Å². The molecular formula is C13H7BrF3NO. The van der Waals surface area contributed by atoms with Crippen molar-refractivity contribution in [1.82, 2.24) is 0 Å². The Labute approximate surface area is 115 Å². The molecule has 2 nitrogen and oxygen atoms in total. The van der Waals surface area contributed by atoms with Crippen LogP contribution in [0.5, 0.6) is 0 Å². The molecule has 0 radical (unpaired) electrons. The molecule has 2 aromatic carbocycles. The van der Waals surface area contributed by atoms with Crippen LogP contribution >= 0.6 is 15.9 Å². The number of benzene rings is 2. The Morgan fingerprint density at radius 1 is 1.00 bits per heavy atom. The van der Waals surface area contributed by atoms with Gasteiger partial charge in [-0.15, -0.1) is 0 Å². The number of carbonyl (C=O) groups is 1. The predicted molar refractivity (Wildman–Crippen MR) is 68.3 cm³/mol. The van der Waals surface area contributed by atoms with Crippen LogP contribution in [-0.4, -0.2) is 5.78 Å². The molecule has 2 aromatic rings. The van der Waals surface area contributed by atoms with Crippen molar-refractivity contribution in [2.45, 2.75) is 0 Å². The van der Waals surface area contributed by atoms with Crippen molar-refractivity contribution in [2.24, 2.45) is 0 Å². The third-order valence-electron chi connectivity index (χ3n) is 2.51. The van der Waals surface area contributed by atoms with Crippen LogP contribution in [0.4, 0.5) is 18.9 Å². The van der Waals surface area contributed by atoms with Crippen molar-refractivity contribution >= 4 is 27.4 Å². The molecule has 0 saturated heterocycles. The maximum absolute atomic E-state index is 13.5. The summed E-state index contributed by atoms with van der Waals surface area (Å²) in [4.78, 5) is 12.0. The van der Waals surface area contributed by atoms with Gasteiger partial charge < -0.3 is 5.73 Å². The quantitative estimate of drug-likeness (QED) is 0.519. The third kappa shape index (κ3) is 2.63. The van der Waals surface area contributed by atoms with Crippen molar-refractivity contribution in [2.75, 3.05) is 5.73 Å². The highest BCUT2D eigenvalue weighted by Gasteiger charge is 2.18. The normalized spacial score (nSPS) is 10.5. The van der Waals surface area contributed by atoms with Gasteiger partial charge >= 0.3 is 0 Å². The largest absolute Gasteiger partial charge is 0.398 e. The first-order valence-corrected chi connectivity index (χ1v) is 5.93. The van der Waals surface area contributed by atoms with Gasteiger partial charge in [-0.1, -0.05) is 0 Å². The van der Waals surface area contributed by atoms with Gasteiger partial charge in [0.15, 0.2) is 17.4 Å². The molecule has 6 heteroatoms. The van der Waals surface area contributed by atoms with E-state index < -0.39 is 28.8 Å². The maximum Gasteiger partial charge on any atom is 0.196 e. The first kappa shape index (κ1) is 13.6. The topological polar surface area (TPSA) is 43.1 Å². The molecule has 0 aromatic heterocycles. The Morgan fingerprint density at radius 3 is 2.26 bits per heavy atom. The van der Waals surface area contributed by atoms with E-state index in [0.717, 1.165) is 0 Å². The van der Waals surface area contributed by atoms with Gasteiger partial charge in [-0.3, -0.25) is 4.79 Å². The molecule has 0 aliphatic rings. The standard InChI is InChI=1S/C13H7BrF3NO/c14-8-2-1-6(3-12(8)18)13(19)7-4-10(16)11(17)5-9(7)15/h1-5H,18H2. The molecule has 0 amide bonds. The molecule has 0 unspecified atom stereocenters. The molecular weight excluding hydrogens is 323 g/mol. The highest BCUT2D eigenvalue weighted by Crippen LogP contribution is 2.23. The first-order valence-electron chi connectivity index (χ1n) is 5.14. The van der Waals surface area contributed by atoms with Crippen molar-refractivity contribution in [3.05, 3.63) is 63.4 Å². The Balaban J connectivity index is 2.49. The first-order chi connectivity index (χ1) is 8.90. The van der Waals surface area contributed by atoms with E-state index in [1.165, 1.54) is 18.2 Å². The Kier molecular flexibility index (Phi) is 3.61. The number of carbonyl (C=O) groups excluding carboxylic acids is 1. The maximum atomic E-state index is 13.5. The van der Waals surface area contributed by atoms with Crippen molar-refractivity contribution in [3.63, 3.8) is 0 Å². The molecule has 98 valence electrons. The summed E-state index contributed by atoms with van der Waals surface area (Å²) in [6, 6.07) is 5.12. The Hall–Kier alpha value is -1.82. The summed E-state index contributed by atoms with van der Waals surface area (Å²) >= 11 is 3.15. The van der Waals surface area contributed by atoms with Crippen LogP contribution in [0, 0.1) is 17.5 Å². The van der Waals surface area contributed by atoms with E-state index in [1.54, 1.807) is 0 Å². The van der Waals surface area contributed by atoms with Gasteiger partial charge in [-0.25, -0.2) is 13.2 Å². The zero-order valence-electron chi connectivity index (χ0n) is 9.38. The molecule has 0 saturated carbocycles. The van der Waals surface area contributed by atoms with Crippen LogP contribution in [0.1, 0.15) is 15.9 Å². The summed E-state index contributed by atoms with van der Waals surface area (Å²) in [6.07, 6.45) is 0. The fourth-order valence-electron chi connectivity index (χ4n) is 1.54. The second kappa shape index (κ2) is 5.05. The molecule has 2 rings (SSSR count). The fourth-order valence-corrected chi connectivity index (χ4v) is 1.78. The summed E-state index contributed by atoms with van der Waals surface area (Å²) in [5.74, 6) is -4.51. The SMILES string of the molecule is Nc1cc(C(=O)c2cc(F)c(F)cc2F)ccc1Br. The van der Waals surface area contributed by atoms with Crippen LogP contribution < -0.4 is 5.73 Å². The minimum absolute atomic E-state index is 0.0885. The van der Waals surface area contributed by atoms with Gasteiger partial charge in [-0.05, 0) is 40.2 Å². The number of nitrogens with two attached hydrogens (primary N) is 1. The summed E-state index contributed by atoms with van der Waals surface area (Å²) < 4.78 is 39.9. The lowest BCUT2D eigenvalue weighted by Crippen LogP contribution is -2.07. The van der Waals surface area contributed by atoms with Gasteiger partial charge in [0.05, 0.1) is 5.56 Å². The van der Waals surface area contributed by atoms with E-state index in [0.29, 0.717) is 16.6 Å². The number of rotatable bonds is 2. The number of halogens is 4. The summed E-state index contributed by atoms with van der Waals surface area (Å²) in [6.45, 7) is 0. The lowest BCUT2D eigenvalue weighted by atomic mass is 10.0. The molecule has 0 aliphatic carbocycles. The molecule has 0 spiro atoms. The number of nitrogen functional groups attached to an aromatic ring is 1. The third-order valence-corrected chi connectivity index (χ3v) is 3.23. The molecule has 0 fully saturated rings. The van der Waals surface area contributed by atoms with Crippen LogP contribution in [0.3, 0.4) is 0 Å². The minimum Gasteiger partial charge on any atom is -0.398 e. The van der Waals surface area contributed by atoms with Gasteiger partial charge in [-0.2, -0.15) is 0 Å². The Morgan fingerprint density at radius 2 is 1.63 bits per heavy atom. The molecule has 2 N–H and O–H groups in total. The average molecular weight is 330 g/mol. The van der Waals surface area contributed by atoms with Crippen molar-refractivity contribution in [3.8, 4) is 0 Å². The van der Waals surface area contributed by atoms with Gasteiger partial charge in [0.25, 0.3) is 0 Å². The monoisotopic (exact) mass is 329 g/mol. The molecule has 0 aliphatic heterocycles. The van der Waals surface area contributed by atoms with Gasteiger partial charge in [0.2, 0.25) is 0 Å². The molecule has 0 heterocycles. The summed E-state index contributed by atoms with van der Waals surface area (Å²) in [7, 11) is 0. The van der Waals surface area contributed by atoms with Gasteiger partial charge in [0.1, 0.15) is 5.82 Å². The van der Waals surface area contributed by atoms with Gasteiger partial charge in [0, 0.05) is 21.8 Å². The van der Waals surface area contributed by atoms with E-state index in [9.17, 15) is 18.0 Å². The fraction of sp³-hybridized carbons (Fsp3) is 0. The Bertz CT molecular complexity index is 673. The van der Waals surface area contributed by atoms with Crippen LogP contribution in [0.15, 0.2) is 34.8 Å². The average Bonchev–Trinajstić information content (AvgIpc) is 2.36. The van der Waals surface area contributed by atoms with Crippen LogP contribution in [0.25, 0.3) is 0 Å². The molecule has 0 bridgehead atoms. The highest BCUT2D eigenvalue weighted by atomic mass is 79.9. The minimum atomic E-state index is -1.34. The van der Waals surface area contributed by atoms with E-state index in [1.807, 2.05) is 0 Å². The van der Waals surface area contributed by atoms with Crippen LogP contribution in [-0.2, 0) is 0 Å². The molecule has 0 atom stereocenters. The molecule has 19 heavy (non-hydrogen) atoms. The lowest BCUT2D eigenvalue weighted by molar-refractivity contribution is 0.103. The highest BCUT2D eigenvalue weighted by molar-refractivity contribution is 9.10. The zero-order valence-corrected chi connectivity index (χ0v) is 11.0. The zero-order chi connectivity index (χ0) is 14.2. The van der Waals surface area contributed by atoms with E-state index in [-0.39, 0.29) is 11.3 Å². The van der Waals surface area contributed by atoms with E-state index >= 15 is 0 Å².